The van der Waals surface area contributed by atoms with Crippen LogP contribution in [-0.4, -0.2) is 31.6 Å². The van der Waals surface area contributed by atoms with Gasteiger partial charge in [0.1, 0.15) is 0 Å². The lowest BCUT2D eigenvalue weighted by Crippen LogP contribution is -2.42. The van der Waals surface area contributed by atoms with Crippen molar-refractivity contribution < 1.29 is 13.2 Å². The van der Waals surface area contributed by atoms with E-state index in [9.17, 15) is 13.2 Å². The van der Waals surface area contributed by atoms with Crippen LogP contribution in [0.15, 0.2) is 29.2 Å². The number of rotatable bonds is 3. The molecule has 1 aromatic rings. The van der Waals surface area contributed by atoms with Gasteiger partial charge in [0.05, 0.1) is 4.90 Å². The number of ketones is 1. The fraction of sp³-hybridized carbons (Fsp3) is 0.533. The van der Waals surface area contributed by atoms with Crippen LogP contribution >= 0.6 is 0 Å². The van der Waals surface area contributed by atoms with Crippen molar-refractivity contribution in [3.63, 3.8) is 0 Å². The molecule has 0 saturated carbocycles. The van der Waals surface area contributed by atoms with Gasteiger partial charge in [0, 0.05) is 18.7 Å². The second-order valence-electron chi connectivity index (χ2n) is 5.69. The van der Waals surface area contributed by atoms with E-state index in [1.807, 2.05) is 0 Å². The number of carbonyl (C=O) groups excluding carboxylic acids is 1. The molecule has 5 heteroatoms. The van der Waals surface area contributed by atoms with Crippen molar-refractivity contribution in [3.05, 3.63) is 29.8 Å². The average molecular weight is 295 g/mol. The van der Waals surface area contributed by atoms with Gasteiger partial charge in [-0.2, -0.15) is 4.31 Å². The molecule has 1 aliphatic rings. The number of hydrogen-bond donors (Lipinski definition) is 0. The second kappa shape index (κ2) is 5.66. The fourth-order valence-electron chi connectivity index (χ4n) is 2.45. The van der Waals surface area contributed by atoms with Crippen LogP contribution in [0.5, 0.6) is 0 Å². The molecule has 2 rings (SSSR count). The van der Waals surface area contributed by atoms with Gasteiger partial charge in [-0.05, 0) is 37.3 Å². The maximum Gasteiger partial charge on any atom is 0.243 e. The van der Waals surface area contributed by atoms with Gasteiger partial charge in [-0.15, -0.1) is 0 Å². The van der Waals surface area contributed by atoms with Crippen LogP contribution in [0, 0.1) is 11.8 Å². The quantitative estimate of drug-likeness (QED) is 0.805. The highest BCUT2D eigenvalue weighted by Crippen LogP contribution is 2.27. The summed E-state index contributed by atoms with van der Waals surface area (Å²) in [7, 11) is -3.44. The molecule has 0 radical (unpaired) electrons. The van der Waals surface area contributed by atoms with Crippen molar-refractivity contribution in [2.45, 2.75) is 32.1 Å². The Balaban J connectivity index is 2.24. The summed E-state index contributed by atoms with van der Waals surface area (Å²) >= 11 is 0. The van der Waals surface area contributed by atoms with E-state index in [1.165, 1.54) is 19.1 Å². The Bertz CT molecular complexity index is 592. The van der Waals surface area contributed by atoms with E-state index >= 15 is 0 Å². The monoisotopic (exact) mass is 295 g/mol. The first kappa shape index (κ1) is 15.2. The van der Waals surface area contributed by atoms with E-state index in [-0.39, 0.29) is 10.7 Å². The third-order valence-corrected chi connectivity index (χ3v) is 6.07. The molecule has 110 valence electrons. The van der Waals surface area contributed by atoms with E-state index in [0.717, 1.165) is 6.42 Å². The first-order chi connectivity index (χ1) is 9.32. The van der Waals surface area contributed by atoms with Gasteiger partial charge < -0.3 is 0 Å². The van der Waals surface area contributed by atoms with E-state index in [4.69, 9.17) is 0 Å². The van der Waals surface area contributed by atoms with Crippen molar-refractivity contribution in [2.75, 3.05) is 13.1 Å². The summed E-state index contributed by atoms with van der Waals surface area (Å²) in [4.78, 5) is 11.5. The summed E-state index contributed by atoms with van der Waals surface area (Å²) in [5.41, 5.74) is 0.532. The molecule has 2 atom stereocenters. The average Bonchev–Trinajstić information content (AvgIpc) is 2.41. The highest BCUT2D eigenvalue weighted by atomic mass is 32.2. The Hall–Kier alpha value is -1.20. The molecule has 0 aromatic heterocycles. The molecule has 1 fully saturated rings. The maximum atomic E-state index is 12.6. The van der Waals surface area contributed by atoms with Crippen molar-refractivity contribution >= 4 is 15.8 Å². The third-order valence-electron chi connectivity index (χ3n) is 4.20. The molecule has 2 unspecified atom stereocenters. The molecule has 4 nitrogen and oxygen atoms in total. The first-order valence-corrected chi connectivity index (χ1v) is 8.37. The summed E-state index contributed by atoms with van der Waals surface area (Å²) in [5, 5.41) is 0. The van der Waals surface area contributed by atoms with Gasteiger partial charge in [-0.25, -0.2) is 8.42 Å². The number of piperidine rings is 1. The molecule has 1 aliphatic heterocycles. The maximum absolute atomic E-state index is 12.6. The Kier molecular flexibility index (Phi) is 4.30. The molecule has 1 aromatic carbocycles. The first-order valence-electron chi connectivity index (χ1n) is 6.93. The molecule has 0 amide bonds. The predicted molar refractivity (Wildman–Crippen MR) is 78.2 cm³/mol. The van der Waals surface area contributed by atoms with E-state index in [2.05, 4.69) is 13.8 Å². The smallest absolute Gasteiger partial charge is 0.243 e. The minimum absolute atomic E-state index is 0.0608. The van der Waals surface area contributed by atoms with Gasteiger partial charge in [0.25, 0.3) is 0 Å². The highest BCUT2D eigenvalue weighted by Gasteiger charge is 2.31. The normalized spacial score (nSPS) is 24.6. The molecule has 1 saturated heterocycles. The van der Waals surface area contributed by atoms with Crippen LogP contribution in [-0.2, 0) is 10.0 Å². The topological polar surface area (TPSA) is 54.5 Å². The summed E-state index contributed by atoms with van der Waals surface area (Å²) < 4.78 is 26.7. The summed E-state index contributed by atoms with van der Waals surface area (Å²) in [6.45, 7) is 6.86. The van der Waals surface area contributed by atoms with Gasteiger partial charge in [0.2, 0.25) is 10.0 Å². The zero-order chi connectivity index (χ0) is 14.9. The Morgan fingerprint density at radius 1 is 1.15 bits per heavy atom. The van der Waals surface area contributed by atoms with Crippen molar-refractivity contribution in [1.29, 1.82) is 0 Å². The van der Waals surface area contributed by atoms with Crippen LogP contribution < -0.4 is 0 Å². The van der Waals surface area contributed by atoms with Crippen LogP contribution in [0.4, 0.5) is 0 Å². The number of sulfonamides is 1. The molecule has 0 aliphatic carbocycles. The Morgan fingerprint density at radius 2 is 1.75 bits per heavy atom. The third kappa shape index (κ3) is 2.94. The number of Topliss-reactive ketones (excluding diaryl/α,β-unsaturated/α-hetero) is 1. The molecule has 1 heterocycles. The zero-order valence-corrected chi connectivity index (χ0v) is 13.0. The number of hydrogen-bond acceptors (Lipinski definition) is 3. The summed E-state index contributed by atoms with van der Waals surface area (Å²) in [5.74, 6) is 0.867. The molecule has 0 bridgehead atoms. The van der Waals surface area contributed by atoms with Gasteiger partial charge in [0.15, 0.2) is 5.78 Å². The second-order valence-corrected chi connectivity index (χ2v) is 7.62. The largest absolute Gasteiger partial charge is 0.295 e. The van der Waals surface area contributed by atoms with Gasteiger partial charge >= 0.3 is 0 Å². The minimum Gasteiger partial charge on any atom is -0.295 e. The Labute approximate surface area is 120 Å². The van der Waals surface area contributed by atoms with Crippen molar-refractivity contribution in [1.82, 2.24) is 4.31 Å². The van der Waals surface area contributed by atoms with Crippen molar-refractivity contribution in [2.24, 2.45) is 11.8 Å². The van der Waals surface area contributed by atoms with Crippen LogP contribution in [0.3, 0.4) is 0 Å². The van der Waals surface area contributed by atoms with Crippen LogP contribution in [0.25, 0.3) is 0 Å². The van der Waals surface area contributed by atoms with E-state index in [1.54, 1.807) is 16.4 Å². The molecular formula is C15H21NO3S. The molecule has 0 N–H and O–H groups in total. The predicted octanol–water partition coefficient (Wildman–Crippen LogP) is 2.56. The van der Waals surface area contributed by atoms with Crippen LogP contribution in [0.1, 0.15) is 37.6 Å². The number of benzene rings is 1. The zero-order valence-electron chi connectivity index (χ0n) is 12.2. The summed E-state index contributed by atoms with van der Waals surface area (Å²) in [6, 6.07) is 6.19. The fourth-order valence-corrected chi connectivity index (χ4v) is 4.01. The number of nitrogens with zero attached hydrogens (tertiary/aromatic N) is 1. The molecule has 0 spiro atoms. The van der Waals surface area contributed by atoms with Gasteiger partial charge in [-0.3, -0.25) is 4.79 Å². The van der Waals surface area contributed by atoms with Gasteiger partial charge in [-0.1, -0.05) is 26.0 Å². The lowest BCUT2D eigenvalue weighted by Gasteiger charge is -2.34. The van der Waals surface area contributed by atoms with Crippen molar-refractivity contribution in [3.8, 4) is 0 Å². The summed E-state index contributed by atoms with van der Waals surface area (Å²) in [6.07, 6.45) is 0.895. The highest BCUT2D eigenvalue weighted by molar-refractivity contribution is 7.89. The van der Waals surface area contributed by atoms with Crippen LogP contribution in [0.2, 0.25) is 0 Å². The number of carbonyl (C=O) groups is 1. The van der Waals surface area contributed by atoms with E-state index < -0.39 is 10.0 Å². The van der Waals surface area contributed by atoms with E-state index in [0.29, 0.717) is 30.5 Å². The molecular weight excluding hydrogens is 274 g/mol. The lowest BCUT2D eigenvalue weighted by atomic mass is 9.90. The lowest BCUT2D eigenvalue weighted by molar-refractivity contribution is 0.101. The SMILES string of the molecule is CC(=O)c1ccc(S(=O)(=O)N2CCC(C)C(C)C2)cc1. The standard InChI is InChI=1S/C15H21NO3S/c1-11-8-9-16(10-12(11)2)20(18,19)15-6-4-14(5-7-15)13(3)17/h4-7,11-12H,8-10H2,1-3H3. The molecule has 20 heavy (non-hydrogen) atoms. The Morgan fingerprint density at radius 3 is 2.25 bits per heavy atom. The minimum atomic E-state index is -3.44.